The van der Waals surface area contributed by atoms with Crippen LogP contribution in [0.3, 0.4) is 0 Å². The molecule has 0 aliphatic heterocycles. The zero-order chi connectivity index (χ0) is 13.7. The number of methoxy groups -OCH3 is 1. The second-order valence-corrected chi connectivity index (χ2v) is 4.86. The first-order chi connectivity index (χ1) is 9.20. The number of aromatic nitrogens is 2. The number of rotatable bonds is 5. The van der Waals surface area contributed by atoms with Crippen LogP contribution in [0.25, 0.3) is 0 Å². The molecule has 0 aliphatic rings. The normalized spacial score (nSPS) is 12.1. The maximum atomic E-state index is 11.8. The van der Waals surface area contributed by atoms with E-state index in [1.165, 1.54) is 18.9 Å². The highest BCUT2D eigenvalue weighted by Crippen LogP contribution is 2.26. The minimum Gasteiger partial charge on any atom is -0.469 e. The van der Waals surface area contributed by atoms with Crippen LogP contribution >= 0.6 is 11.8 Å². The molecular formula is C13H14N2O3S. The summed E-state index contributed by atoms with van der Waals surface area (Å²) < 4.78 is 10.1. The molecule has 1 unspecified atom stereocenters. The van der Waals surface area contributed by atoms with Gasteiger partial charge in [-0.15, -0.1) is 10.2 Å². The van der Waals surface area contributed by atoms with Crippen LogP contribution < -0.4 is 0 Å². The molecule has 6 heteroatoms. The van der Waals surface area contributed by atoms with Crippen molar-refractivity contribution >= 4 is 17.7 Å². The molecule has 1 atom stereocenters. The summed E-state index contributed by atoms with van der Waals surface area (Å²) in [6.07, 6.45) is 0. The Kier molecular flexibility index (Phi) is 4.57. The van der Waals surface area contributed by atoms with Crippen molar-refractivity contribution in [1.82, 2.24) is 10.2 Å². The third-order valence-corrected chi connectivity index (χ3v) is 3.48. The van der Waals surface area contributed by atoms with Crippen LogP contribution in [-0.2, 0) is 9.53 Å². The van der Waals surface area contributed by atoms with E-state index in [1.54, 1.807) is 6.92 Å². The van der Waals surface area contributed by atoms with Gasteiger partial charge in [-0.3, -0.25) is 4.79 Å². The fraction of sp³-hybridized carbons (Fsp3) is 0.308. The van der Waals surface area contributed by atoms with Crippen LogP contribution in [-0.4, -0.2) is 29.0 Å². The monoisotopic (exact) mass is 278 g/mol. The highest BCUT2D eigenvalue weighted by Gasteiger charge is 2.22. The molecule has 0 radical (unpaired) electrons. The van der Waals surface area contributed by atoms with Gasteiger partial charge in [0.05, 0.1) is 13.0 Å². The molecule has 0 fully saturated rings. The van der Waals surface area contributed by atoms with Gasteiger partial charge in [0, 0.05) is 12.7 Å². The molecule has 0 amide bonds. The molecule has 0 spiro atoms. The van der Waals surface area contributed by atoms with Crippen LogP contribution in [0.15, 0.2) is 40.0 Å². The Morgan fingerprint density at radius 1 is 1.37 bits per heavy atom. The molecule has 1 aromatic carbocycles. The van der Waals surface area contributed by atoms with Gasteiger partial charge in [0.25, 0.3) is 5.22 Å². The minimum atomic E-state index is -0.344. The Labute approximate surface area is 115 Å². The Hall–Kier alpha value is -1.82. The van der Waals surface area contributed by atoms with Crippen molar-refractivity contribution in [2.24, 2.45) is 0 Å². The first-order valence-electron chi connectivity index (χ1n) is 5.76. The van der Waals surface area contributed by atoms with E-state index in [2.05, 4.69) is 10.2 Å². The van der Waals surface area contributed by atoms with Gasteiger partial charge in [-0.25, -0.2) is 0 Å². The smallest absolute Gasteiger partial charge is 0.313 e. The summed E-state index contributed by atoms with van der Waals surface area (Å²) in [6.45, 7) is 1.73. The topological polar surface area (TPSA) is 65.2 Å². The molecule has 0 bridgehead atoms. The number of aryl methyl sites for hydroxylation is 1. The number of thioether (sulfide) groups is 1. The van der Waals surface area contributed by atoms with Gasteiger partial charge in [0.1, 0.15) is 0 Å². The van der Waals surface area contributed by atoms with Crippen LogP contribution in [0.1, 0.15) is 17.4 Å². The summed E-state index contributed by atoms with van der Waals surface area (Å²) in [4.78, 5) is 11.8. The molecule has 0 saturated carbocycles. The number of nitrogens with zero attached hydrogens (tertiary/aromatic N) is 2. The molecular weight excluding hydrogens is 264 g/mol. The minimum absolute atomic E-state index is 0.269. The fourth-order valence-corrected chi connectivity index (χ4v) is 2.54. The number of ether oxygens (including phenoxy) is 1. The van der Waals surface area contributed by atoms with E-state index in [-0.39, 0.29) is 11.9 Å². The summed E-state index contributed by atoms with van der Waals surface area (Å²) in [5.74, 6) is 0.397. The Morgan fingerprint density at radius 3 is 2.68 bits per heavy atom. The molecule has 0 N–H and O–H groups in total. The average Bonchev–Trinajstić information content (AvgIpc) is 2.85. The predicted octanol–water partition coefficient (Wildman–Crippen LogP) is 2.43. The van der Waals surface area contributed by atoms with Gasteiger partial charge in [-0.2, -0.15) is 0 Å². The van der Waals surface area contributed by atoms with Crippen LogP contribution in [0.4, 0.5) is 0 Å². The first-order valence-corrected chi connectivity index (χ1v) is 6.75. The predicted molar refractivity (Wildman–Crippen MR) is 71.0 cm³/mol. The standard InChI is InChI=1S/C13H14N2O3S/c1-9-14-15-13(18-9)19-8-11(12(16)17-2)10-6-4-3-5-7-10/h3-7,11H,8H2,1-2H3. The lowest BCUT2D eigenvalue weighted by Gasteiger charge is -2.13. The maximum Gasteiger partial charge on any atom is 0.313 e. The number of carbonyl (C=O) groups is 1. The average molecular weight is 278 g/mol. The number of esters is 1. The zero-order valence-electron chi connectivity index (χ0n) is 10.7. The van der Waals surface area contributed by atoms with Crippen LogP contribution in [0.2, 0.25) is 0 Å². The van der Waals surface area contributed by atoms with E-state index in [4.69, 9.17) is 9.15 Å². The Morgan fingerprint density at radius 2 is 2.11 bits per heavy atom. The Bertz CT molecular complexity index is 542. The second-order valence-electron chi connectivity index (χ2n) is 3.88. The van der Waals surface area contributed by atoms with Crippen molar-refractivity contribution in [3.05, 3.63) is 41.8 Å². The van der Waals surface area contributed by atoms with E-state index < -0.39 is 0 Å². The first kappa shape index (κ1) is 13.6. The van der Waals surface area contributed by atoms with Gasteiger partial charge < -0.3 is 9.15 Å². The van der Waals surface area contributed by atoms with Crippen molar-refractivity contribution in [3.8, 4) is 0 Å². The zero-order valence-corrected chi connectivity index (χ0v) is 11.5. The lowest BCUT2D eigenvalue weighted by atomic mass is 10.0. The third-order valence-electron chi connectivity index (χ3n) is 2.57. The molecule has 0 aliphatic carbocycles. The van der Waals surface area contributed by atoms with E-state index in [0.717, 1.165) is 5.56 Å². The molecule has 100 valence electrons. The molecule has 2 aromatic rings. The third kappa shape index (κ3) is 3.57. The van der Waals surface area contributed by atoms with Gasteiger partial charge in [0.15, 0.2) is 0 Å². The van der Waals surface area contributed by atoms with E-state index >= 15 is 0 Å². The van der Waals surface area contributed by atoms with Gasteiger partial charge in [0.2, 0.25) is 5.89 Å². The molecule has 1 aromatic heterocycles. The summed E-state index contributed by atoms with van der Waals surface area (Å²) in [5.41, 5.74) is 0.915. The van der Waals surface area contributed by atoms with E-state index in [0.29, 0.717) is 16.9 Å². The highest BCUT2D eigenvalue weighted by molar-refractivity contribution is 7.99. The summed E-state index contributed by atoms with van der Waals surface area (Å²) >= 11 is 1.35. The van der Waals surface area contributed by atoms with Crippen molar-refractivity contribution < 1.29 is 13.9 Å². The van der Waals surface area contributed by atoms with Crippen molar-refractivity contribution in [1.29, 1.82) is 0 Å². The molecule has 2 rings (SSSR count). The number of carbonyl (C=O) groups excluding carboxylic acids is 1. The largest absolute Gasteiger partial charge is 0.469 e. The van der Waals surface area contributed by atoms with Crippen molar-refractivity contribution in [2.75, 3.05) is 12.9 Å². The molecule has 19 heavy (non-hydrogen) atoms. The van der Waals surface area contributed by atoms with Crippen molar-refractivity contribution in [3.63, 3.8) is 0 Å². The lowest BCUT2D eigenvalue weighted by Crippen LogP contribution is -2.16. The number of hydrogen-bond donors (Lipinski definition) is 0. The number of benzene rings is 1. The maximum absolute atomic E-state index is 11.8. The van der Waals surface area contributed by atoms with Crippen molar-refractivity contribution in [2.45, 2.75) is 18.1 Å². The van der Waals surface area contributed by atoms with Gasteiger partial charge in [-0.05, 0) is 5.56 Å². The fourth-order valence-electron chi connectivity index (χ4n) is 1.62. The van der Waals surface area contributed by atoms with Crippen LogP contribution in [0.5, 0.6) is 0 Å². The Balaban J connectivity index is 2.09. The second kappa shape index (κ2) is 6.38. The lowest BCUT2D eigenvalue weighted by molar-refractivity contribution is -0.141. The number of hydrogen-bond acceptors (Lipinski definition) is 6. The summed E-state index contributed by atoms with van der Waals surface area (Å²) in [6, 6.07) is 9.51. The highest BCUT2D eigenvalue weighted by atomic mass is 32.2. The van der Waals surface area contributed by atoms with E-state index in [1.807, 2.05) is 30.3 Å². The van der Waals surface area contributed by atoms with Gasteiger partial charge >= 0.3 is 5.97 Å². The van der Waals surface area contributed by atoms with Gasteiger partial charge in [-0.1, -0.05) is 42.1 Å². The molecule has 1 heterocycles. The molecule has 5 nitrogen and oxygen atoms in total. The SMILES string of the molecule is COC(=O)C(CSc1nnc(C)o1)c1ccccc1. The van der Waals surface area contributed by atoms with E-state index in [9.17, 15) is 4.79 Å². The quantitative estimate of drug-likeness (QED) is 0.618. The molecule has 0 saturated heterocycles. The summed E-state index contributed by atoms with van der Waals surface area (Å²) in [7, 11) is 1.39. The van der Waals surface area contributed by atoms with Crippen LogP contribution in [0, 0.1) is 6.92 Å². The summed E-state index contributed by atoms with van der Waals surface area (Å²) in [5, 5.41) is 8.10.